The summed E-state index contributed by atoms with van der Waals surface area (Å²) in [5.41, 5.74) is 1.02. The number of urea groups is 1. The van der Waals surface area contributed by atoms with Crippen LogP contribution in [-0.4, -0.2) is 40.1 Å². The maximum atomic E-state index is 12.2. The molecule has 0 bridgehead atoms. The number of piperidine rings is 1. The van der Waals surface area contributed by atoms with E-state index in [1.807, 2.05) is 29.2 Å². The fraction of sp³-hybridized carbons (Fsp3) is 0.353. The molecule has 7 heteroatoms. The first-order chi connectivity index (χ1) is 11.7. The number of carbonyl (C=O) groups excluding carboxylic acids is 1. The van der Waals surface area contributed by atoms with Gasteiger partial charge in [0.05, 0.1) is 6.20 Å². The Morgan fingerprint density at radius 1 is 1.25 bits per heavy atom. The Morgan fingerprint density at radius 2 is 2.00 bits per heavy atom. The molecule has 2 heterocycles. The predicted molar refractivity (Wildman–Crippen MR) is 90.9 cm³/mol. The molecule has 1 saturated heterocycles. The van der Waals surface area contributed by atoms with E-state index in [1.54, 1.807) is 18.6 Å². The Kier molecular flexibility index (Phi) is 5.48. The highest BCUT2D eigenvalue weighted by atomic mass is 35.5. The average Bonchev–Trinajstić information content (AvgIpc) is 2.62. The maximum Gasteiger partial charge on any atom is 0.317 e. The molecule has 1 aromatic carbocycles. The van der Waals surface area contributed by atoms with E-state index in [4.69, 9.17) is 16.3 Å². The largest absolute Gasteiger partial charge is 0.473 e. The number of hydrogen-bond acceptors (Lipinski definition) is 4. The van der Waals surface area contributed by atoms with E-state index in [2.05, 4.69) is 15.3 Å². The number of aromatic nitrogens is 2. The first-order valence-electron chi connectivity index (χ1n) is 7.90. The number of benzene rings is 1. The van der Waals surface area contributed by atoms with Gasteiger partial charge in [0.2, 0.25) is 5.88 Å². The van der Waals surface area contributed by atoms with Crippen LogP contribution in [-0.2, 0) is 6.54 Å². The molecule has 0 radical (unpaired) electrons. The van der Waals surface area contributed by atoms with Crippen molar-refractivity contribution in [3.63, 3.8) is 0 Å². The molecule has 0 spiro atoms. The molecule has 6 nitrogen and oxygen atoms in total. The van der Waals surface area contributed by atoms with Crippen LogP contribution in [0.15, 0.2) is 42.9 Å². The molecular weight excluding hydrogens is 328 g/mol. The normalized spacial score (nSPS) is 15.1. The number of amides is 2. The molecule has 2 aromatic rings. The zero-order chi connectivity index (χ0) is 16.8. The lowest BCUT2D eigenvalue weighted by Crippen LogP contribution is -2.46. The van der Waals surface area contributed by atoms with Gasteiger partial charge in [-0.05, 0) is 17.7 Å². The lowest BCUT2D eigenvalue weighted by atomic mass is 10.1. The van der Waals surface area contributed by atoms with Crippen LogP contribution in [0.25, 0.3) is 0 Å². The van der Waals surface area contributed by atoms with Crippen molar-refractivity contribution in [3.05, 3.63) is 53.4 Å². The van der Waals surface area contributed by atoms with E-state index in [0.29, 0.717) is 30.5 Å². The van der Waals surface area contributed by atoms with Gasteiger partial charge in [0.15, 0.2) is 0 Å². The van der Waals surface area contributed by atoms with Gasteiger partial charge in [-0.2, -0.15) is 0 Å². The number of ether oxygens (including phenoxy) is 1. The second-order valence-electron chi connectivity index (χ2n) is 5.63. The van der Waals surface area contributed by atoms with E-state index in [0.717, 1.165) is 18.4 Å². The van der Waals surface area contributed by atoms with Crippen molar-refractivity contribution in [2.24, 2.45) is 0 Å². The molecule has 126 valence electrons. The van der Waals surface area contributed by atoms with Crippen LogP contribution in [0.2, 0.25) is 5.02 Å². The first kappa shape index (κ1) is 16.5. The minimum absolute atomic E-state index is 0.0529. The molecule has 1 aliphatic heterocycles. The van der Waals surface area contributed by atoms with Crippen LogP contribution in [0.1, 0.15) is 18.4 Å². The van der Waals surface area contributed by atoms with Gasteiger partial charge >= 0.3 is 6.03 Å². The van der Waals surface area contributed by atoms with Gasteiger partial charge in [-0.3, -0.25) is 4.98 Å². The lowest BCUT2D eigenvalue weighted by Gasteiger charge is -2.31. The van der Waals surface area contributed by atoms with E-state index in [-0.39, 0.29) is 12.1 Å². The highest BCUT2D eigenvalue weighted by molar-refractivity contribution is 6.30. The zero-order valence-corrected chi connectivity index (χ0v) is 13.9. The third-order valence-corrected chi connectivity index (χ3v) is 4.17. The summed E-state index contributed by atoms with van der Waals surface area (Å²) in [4.78, 5) is 22.1. The summed E-state index contributed by atoms with van der Waals surface area (Å²) >= 11 is 5.85. The Morgan fingerprint density at radius 3 is 2.67 bits per heavy atom. The van der Waals surface area contributed by atoms with Gasteiger partial charge in [-0.15, -0.1) is 0 Å². The van der Waals surface area contributed by atoms with E-state index in [1.165, 1.54) is 0 Å². The average molecular weight is 347 g/mol. The quantitative estimate of drug-likeness (QED) is 0.924. The van der Waals surface area contributed by atoms with Gasteiger partial charge < -0.3 is 15.0 Å². The van der Waals surface area contributed by atoms with Crippen molar-refractivity contribution in [2.45, 2.75) is 25.5 Å². The van der Waals surface area contributed by atoms with Crippen LogP contribution in [0, 0.1) is 0 Å². The Bertz CT molecular complexity index is 658. The van der Waals surface area contributed by atoms with Crippen LogP contribution in [0.5, 0.6) is 5.88 Å². The number of halogens is 1. The third kappa shape index (κ3) is 4.58. The van der Waals surface area contributed by atoms with E-state index < -0.39 is 0 Å². The molecule has 24 heavy (non-hydrogen) atoms. The van der Waals surface area contributed by atoms with Gasteiger partial charge in [0.1, 0.15) is 6.10 Å². The summed E-state index contributed by atoms with van der Waals surface area (Å²) in [5, 5.41) is 3.62. The maximum absolute atomic E-state index is 12.2. The number of nitrogens with one attached hydrogen (secondary N) is 1. The smallest absolute Gasteiger partial charge is 0.317 e. The highest BCUT2D eigenvalue weighted by Crippen LogP contribution is 2.16. The third-order valence-electron chi connectivity index (χ3n) is 3.91. The molecule has 3 rings (SSSR count). The number of nitrogens with zero attached hydrogens (tertiary/aromatic N) is 3. The van der Waals surface area contributed by atoms with Crippen LogP contribution in [0.4, 0.5) is 4.79 Å². The molecule has 0 aliphatic carbocycles. The Balaban J connectivity index is 1.42. The predicted octanol–water partition coefficient (Wildman–Crippen LogP) is 2.88. The molecule has 0 unspecified atom stereocenters. The monoisotopic (exact) mass is 346 g/mol. The molecule has 1 fully saturated rings. The zero-order valence-electron chi connectivity index (χ0n) is 13.2. The van der Waals surface area contributed by atoms with Crippen molar-refractivity contribution < 1.29 is 9.53 Å². The van der Waals surface area contributed by atoms with E-state index >= 15 is 0 Å². The highest BCUT2D eigenvalue weighted by Gasteiger charge is 2.24. The van der Waals surface area contributed by atoms with Crippen LogP contribution < -0.4 is 10.1 Å². The lowest BCUT2D eigenvalue weighted by molar-refractivity contribution is 0.107. The van der Waals surface area contributed by atoms with Crippen molar-refractivity contribution in [1.82, 2.24) is 20.2 Å². The summed E-state index contributed by atoms with van der Waals surface area (Å²) in [5.74, 6) is 0.531. The minimum atomic E-state index is -0.0529. The van der Waals surface area contributed by atoms with Crippen molar-refractivity contribution in [2.75, 3.05) is 13.1 Å². The van der Waals surface area contributed by atoms with Crippen molar-refractivity contribution in [3.8, 4) is 5.88 Å². The standard InChI is InChI=1S/C17H19ClN4O2/c18-14-3-1-13(2-4-14)11-21-17(23)22-9-5-15(6-10-22)24-16-12-19-7-8-20-16/h1-4,7-8,12,15H,5-6,9-11H2,(H,21,23). The molecule has 0 atom stereocenters. The van der Waals surface area contributed by atoms with Crippen molar-refractivity contribution >= 4 is 17.6 Å². The molecule has 1 aliphatic rings. The van der Waals surface area contributed by atoms with Gasteiger partial charge in [-0.25, -0.2) is 9.78 Å². The summed E-state index contributed by atoms with van der Waals surface area (Å²) in [6.45, 7) is 1.82. The second kappa shape index (κ2) is 7.97. The first-order valence-corrected chi connectivity index (χ1v) is 8.28. The molecule has 1 aromatic heterocycles. The minimum Gasteiger partial charge on any atom is -0.473 e. The second-order valence-corrected chi connectivity index (χ2v) is 6.07. The number of likely N-dealkylation sites (tertiary alicyclic amines) is 1. The molecule has 0 saturated carbocycles. The molecule has 1 N–H and O–H groups in total. The van der Waals surface area contributed by atoms with Gasteiger partial charge in [0.25, 0.3) is 0 Å². The fourth-order valence-corrected chi connectivity index (χ4v) is 2.71. The SMILES string of the molecule is O=C(NCc1ccc(Cl)cc1)N1CCC(Oc2cnccn2)CC1. The Labute approximate surface area is 145 Å². The number of hydrogen-bond donors (Lipinski definition) is 1. The van der Waals surface area contributed by atoms with Gasteiger partial charge in [-0.1, -0.05) is 23.7 Å². The topological polar surface area (TPSA) is 67.4 Å². The van der Waals surface area contributed by atoms with Crippen molar-refractivity contribution in [1.29, 1.82) is 0 Å². The summed E-state index contributed by atoms with van der Waals surface area (Å²) in [7, 11) is 0. The summed E-state index contributed by atoms with van der Waals surface area (Å²) in [6.07, 6.45) is 6.46. The Hall–Kier alpha value is -2.34. The number of rotatable bonds is 4. The van der Waals surface area contributed by atoms with Crippen LogP contribution in [0.3, 0.4) is 0 Å². The van der Waals surface area contributed by atoms with Gasteiger partial charge in [0, 0.05) is 49.9 Å². The fourth-order valence-electron chi connectivity index (χ4n) is 2.59. The number of carbonyl (C=O) groups is 1. The molecule has 2 amide bonds. The summed E-state index contributed by atoms with van der Waals surface area (Å²) < 4.78 is 5.78. The van der Waals surface area contributed by atoms with Crippen LogP contribution >= 0.6 is 11.6 Å². The summed E-state index contributed by atoms with van der Waals surface area (Å²) in [6, 6.07) is 7.40. The molecular formula is C17H19ClN4O2. The van der Waals surface area contributed by atoms with E-state index in [9.17, 15) is 4.79 Å².